The zero-order valence-electron chi connectivity index (χ0n) is 17.0. The van der Waals surface area contributed by atoms with Crippen molar-refractivity contribution in [3.63, 3.8) is 0 Å². The van der Waals surface area contributed by atoms with Crippen LogP contribution in [0.1, 0.15) is 47.0 Å². The minimum atomic E-state index is -0.842. The summed E-state index contributed by atoms with van der Waals surface area (Å²) in [5.74, 6) is -0.0705. The van der Waals surface area contributed by atoms with Gasteiger partial charge in [-0.2, -0.15) is 0 Å². The van der Waals surface area contributed by atoms with Gasteiger partial charge in [0.2, 0.25) is 12.2 Å². The van der Waals surface area contributed by atoms with Crippen molar-refractivity contribution in [2.45, 2.75) is 44.9 Å². The van der Waals surface area contributed by atoms with E-state index in [2.05, 4.69) is 17.5 Å². The Bertz CT molecular complexity index is 1090. The molecule has 1 aromatic carbocycles. The highest BCUT2D eigenvalue weighted by Crippen LogP contribution is 2.47. The molecule has 0 saturated carbocycles. The van der Waals surface area contributed by atoms with Crippen LogP contribution in [0.2, 0.25) is 0 Å². The van der Waals surface area contributed by atoms with E-state index >= 15 is 0 Å². The van der Waals surface area contributed by atoms with Crippen LogP contribution in [0, 0.1) is 13.8 Å². The van der Waals surface area contributed by atoms with Gasteiger partial charge in [0.1, 0.15) is 0 Å². The molecule has 3 aromatic rings. The Morgan fingerprint density at radius 2 is 2.07 bits per heavy atom. The number of carbonyl (C=O) groups excluding carboxylic acids is 1. The molecule has 0 spiro atoms. The van der Waals surface area contributed by atoms with Crippen molar-refractivity contribution in [1.82, 2.24) is 14.3 Å². The molecule has 2 unspecified atom stereocenters. The number of hydrogen-bond acceptors (Lipinski definition) is 4. The lowest BCUT2D eigenvalue weighted by molar-refractivity contribution is -0.183. The molecule has 2 atom stereocenters. The van der Waals surface area contributed by atoms with Gasteiger partial charge < -0.3 is 18.8 Å². The Balaban J connectivity index is 1.71. The minimum absolute atomic E-state index is 0.100. The molecular formula is C23H25N3O3. The second kappa shape index (κ2) is 6.59. The number of amides is 1. The molecule has 150 valence electrons. The molecule has 4 heterocycles. The Morgan fingerprint density at radius 1 is 1.28 bits per heavy atom. The molecular weight excluding hydrogens is 366 g/mol. The number of rotatable bonds is 4. The SMILES string of the molecule is COC1(c2ccccc2)CCc2c(C3CCN3C=O)cn3c(C)c(C)nc3c2O1. The zero-order chi connectivity index (χ0) is 20.2. The molecule has 5 rings (SSSR count). The van der Waals surface area contributed by atoms with Gasteiger partial charge in [0, 0.05) is 43.1 Å². The maximum absolute atomic E-state index is 11.5. The number of aryl methyl sites for hydroxylation is 2. The van der Waals surface area contributed by atoms with E-state index in [1.54, 1.807) is 7.11 Å². The average molecular weight is 391 g/mol. The molecule has 0 radical (unpaired) electrons. The van der Waals surface area contributed by atoms with Gasteiger partial charge in [0.15, 0.2) is 11.4 Å². The zero-order valence-corrected chi connectivity index (χ0v) is 17.0. The quantitative estimate of drug-likeness (QED) is 0.637. The van der Waals surface area contributed by atoms with E-state index in [-0.39, 0.29) is 6.04 Å². The van der Waals surface area contributed by atoms with Crippen LogP contribution >= 0.6 is 0 Å². The number of imidazole rings is 1. The lowest BCUT2D eigenvalue weighted by atomic mass is 9.87. The summed E-state index contributed by atoms with van der Waals surface area (Å²) in [5, 5.41) is 0. The van der Waals surface area contributed by atoms with Crippen molar-refractivity contribution in [3.8, 4) is 5.75 Å². The van der Waals surface area contributed by atoms with Gasteiger partial charge in [-0.3, -0.25) is 4.79 Å². The third-order valence-electron chi connectivity index (χ3n) is 6.55. The molecule has 2 aliphatic heterocycles. The molecule has 29 heavy (non-hydrogen) atoms. The summed E-state index contributed by atoms with van der Waals surface area (Å²) in [7, 11) is 1.70. The molecule has 2 aliphatic rings. The minimum Gasteiger partial charge on any atom is -0.454 e. The highest BCUT2D eigenvalue weighted by Gasteiger charge is 2.42. The van der Waals surface area contributed by atoms with Crippen LogP contribution < -0.4 is 4.74 Å². The van der Waals surface area contributed by atoms with E-state index < -0.39 is 5.79 Å². The molecule has 1 amide bonds. The van der Waals surface area contributed by atoms with Gasteiger partial charge in [0.25, 0.3) is 0 Å². The predicted octanol–water partition coefficient (Wildman–Crippen LogP) is 3.68. The van der Waals surface area contributed by atoms with Gasteiger partial charge in [-0.1, -0.05) is 30.3 Å². The smallest absolute Gasteiger partial charge is 0.237 e. The first-order chi connectivity index (χ1) is 14.1. The summed E-state index contributed by atoms with van der Waals surface area (Å²) in [5.41, 5.74) is 6.16. The number of methoxy groups -OCH3 is 1. The number of nitrogens with zero attached hydrogens (tertiary/aromatic N) is 3. The number of benzene rings is 1. The molecule has 2 aromatic heterocycles. The predicted molar refractivity (Wildman–Crippen MR) is 109 cm³/mol. The molecule has 6 heteroatoms. The first-order valence-corrected chi connectivity index (χ1v) is 10.1. The van der Waals surface area contributed by atoms with Gasteiger partial charge in [-0.05, 0) is 32.3 Å². The summed E-state index contributed by atoms with van der Waals surface area (Å²) in [6.07, 6.45) is 5.57. The summed E-state index contributed by atoms with van der Waals surface area (Å²) in [6.45, 7) is 4.88. The Kier molecular flexibility index (Phi) is 4.13. The van der Waals surface area contributed by atoms with Gasteiger partial charge in [0.05, 0.1) is 11.7 Å². The van der Waals surface area contributed by atoms with Crippen LogP contribution in [0.3, 0.4) is 0 Å². The van der Waals surface area contributed by atoms with Crippen molar-refractivity contribution in [2.24, 2.45) is 0 Å². The first kappa shape index (κ1) is 18.2. The molecule has 0 aliphatic carbocycles. The maximum atomic E-state index is 11.5. The van der Waals surface area contributed by atoms with Crippen molar-refractivity contribution in [3.05, 3.63) is 64.6 Å². The van der Waals surface area contributed by atoms with Crippen molar-refractivity contribution in [1.29, 1.82) is 0 Å². The van der Waals surface area contributed by atoms with Gasteiger partial charge in [-0.15, -0.1) is 0 Å². The van der Waals surface area contributed by atoms with Crippen LogP contribution in [0.25, 0.3) is 5.65 Å². The Morgan fingerprint density at radius 3 is 2.72 bits per heavy atom. The Labute approximate surface area is 170 Å². The van der Waals surface area contributed by atoms with E-state index in [0.717, 1.165) is 65.3 Å². The number of pyridine rings is 1. The van der Waals surface area contributed by atoms with Crippen LogP contribution in [0.4, 0.5) is 0 Å². The van der Waals surface area contributed by atoms with Crippen LogP contribution in [0.5, 0.6) is 5.75 Å². The highest BCUT2D eigenvalue weighted by molar-refractivity contribution is 5.64. The number of aromatic nitrogens is 2. The van der Waals surface area contributed by atoms with Crippen molar-refractivity contribution < 1.29 is 14.3 Å². The molecule has 1 saturated heterocycles. The monoisotopic (exact) mass is 391 g/mol. The normalized spacial score (nSPS) is 23.4. The lowest BCUT2D eigenvalue weighted by Gasteiger charge is -2.42. The van der Waals surface area contributed by atoms with Crippen LogP contribution in [0.15, 0.2) is 36.5 Å². The first-order valence-electron chi connectivity index (χ1n) is 10.1. The topological polar surface area (TPSA) is 56.1 Å². The van der Waals surface area contributed by atoms with Crippen molar-refractivity contribution >= 4 is 12.1 Å². The van der Waals surface area contributed by atoms with E-state index in [1.807, 2.05) is 42.2 Å². The fraction of sp³-hybridized carbons (Fsp3) is 0.391. The number of likely N-dealkylation sites (tertiary alicyclic amines) is 1. The fourth-order valence-electron chi connectivity index (χ4n) is 4.61. The fourth-order valence-corrected chi connectivity index (χ4v) is 4.61. The van der Waals surface area contributed by atoms with Crippen LogP contribution in [-0.2, 0) is 21.7 Å². The lowest BCUT2D eigenvalue weighted by Crippen LogP contribution is -2.42. The maximum Gasteiger partial charge on any atom is 0.237 e. The van der Waals surface area contributed by atoms with E-state index in [9.17, 15) is 4.79 Å². The number of ether oxygens (including phenoxy) is 2. The largest absolute Gasteiger partial charge is 0.454 e. The van der Waals surface area contributed by atoms with Crippen molar-refractivity contribution in [2.75, 3.05) is 13.7 Å². The van der Waals surface area contributed by atoms with Gasteiger partial charge in [-0.25, -0.2) is 4.98 Å². The van der Waals surface area contributed by atoms with E-state index in [1.165, 1.54) is 0 Å². The molecule has 1 fully saturated rings. The molecule has 0 N–H and O–H groups in total. The van der Waals surface area contributed by atoms with Gasteiger partial charge >= 0.3 is 0 Å². The van der Waals surface area contributed by atoms with E-state index in [4.69, 9.17) is 14.5 Å². The van der Waals surface area contributed by atoms with Crippen LogP contribution in [-0.4, -0.2) is 34.3 Å². The van der Waals surface area contributed by atoms with E-state index in [0.29, 0.717) is 6.42 Å². The third kappa shape index (κ3) is 2.59. The summed E-state index contributed by atoms with van der Waals surface area (Å²) >= 11 is 0. The second-order valence-electron chi connectivity index (χ2n) is 7.94. The summed E-state index contributed by atoms with van der Waals surface area (Å²) in [4.78, 5) is 18.1. The second-order valence-corrected chi connectivity index (χ2v) is 7.94. The molecule has 0 bridgehead atoms. The number of hydrogen-bond donors (Lipinski definition) is 0. The highest BCUT2D eigenvalue weighted by atomic mass is 16.7. The molecule has 6 nitrogen and oxygen atoms in total. The summed E-state index contributed by atoms with van der Waals surface area (Å²) in [6, 6.07) is 10.2. The standard InChI is InChI=1S/C23H25N3O3/c1-15-16(2)26-13-19(20-10-12-25(20)14-27)18-9-11-23(28-3,17-7-5-4-6-8-17)29-21(18)22(26)24-15/h4-8,13-14,20H,9-12H2,1-3H3. The summed E-state index contributed by atoms with van der Waals surface area (Å²) < 4.78 is 14.7. The number of carbonyl (C=O) groups is 1. The third-order valence-corrected chi connectivity index (χ3v) is 6.55. The average Bonchev–Trinajstić information content (AvgIpc) is 3.02. The Hall–Kier alpha value is -2.86. The number of fused-ring (bicyclic) bond motifs is 3.